The van der Waals surface area contributed by atoms with Gasteiger partial charge in [-0.05, 0) is 19.1 Å². The molecule has 9 heavy (non-hydrogen) atoms. The fourth-order valence-corrected chi connectivity index (χ4v) is 0.708. The van der Waals surface area contributed by atoms with E-state index in [4.69, 9.17) is 12.2 Å². The predicted octanol–water partition coefficient (Wildman–Crippen LogP) is 1.77. The van der Waals surface area contributed by atoms with Crippen LogP contribution in [0.25, 0.3) is 0 Å². The predicted molar refractivity (Wildman–Crippen MR) is 42.7 cm³/mol. The molecule has 0 saturated heterocycles. The number of H-pyrrole nitrogens is 1. The molecule has 0 aromatic carbocycles. The van der Waals surface area contributed by atoms with Crippen LogP contribution in [-0.2, 0) is 0 Å². The van der Waals surface area contributed by atoms with Crippen molar-refractivity contribution in [1.82, 2.24) is 4.98 Å². The molecule has 0 radical (unpaired) electrons. The Morgan fingerprint density at radius 2 is 2.56 bits per heavy atom. The van der Waals surface area contributed by atoms with E-state index in [1.165, 1.54) is 0 Å². The Morgan fingerprint density at radius 1 is 1.78 bits per heavy atom. The van der Waals surface area contributed by atoms with Crippen LogP contribution in [0.1, 0.15) is 6.92 Å². The zero-order chi connectivity index (χ0) is 6.69. The molecule has 1 rings (SSSR count). The summed E-state index contributed by atoms with van der Waals surface area (Å²) < 4.78 is 0. The summed E-state index contributed by atoms with van der Waals surface area (Å²) in [6.45, 7) is 1.84. The second-order valence-corrected chi connectivity index (χ2v) is 2.38. The van der Waals surface area contributed by atoms with Crippen molar-refractivity contribution in [2.75, 3.05) is 5.32 Å². The normalized spacial score (nSPS) is 9.00. The van der Waals surface area contributed by atoms with Crippen LogP contribution in [0.15, 0.2) is 18.3 Å². The van der Waals surface area contributed by atoms with E-state index >= 15 is 0 Å². The number of thiocarbonyl (C=S) groups is 1. The van der Waals surface area contributed by atoms with E-state index < -0.39 is 0 Å². The molecule has 0 amide bonds. The molecule has 0 bridgehead atoms. The second-order valence-electron chi connectivity index (χ2n) is 1.76. The van der Waals surface area contributed by atoms with Crippen molar-refractivity contribution >= 4 is 23.0 Å². The molecule has 0 unspecified atom stereocenters. The quantitative estimate of drug-likeness (QED) is 0.582. The number of nitrogens with one attached hydrogen (secondary N) is 2. The van der Waals surface area contributed by atoms with Crippen molar-refractivity contribution in [3.63, 3.8) is 0 Å². The first kappa shape index (κ1) is 6.29. The highest BCUT2D eigenvalue weighted by molar-refractivity contribution is 7.80. The van der Waals surface area contributed by atoms with Crippen LogP contribution in [0.2, 0.25) is 0 Å². The second kappa shape index (κ2) is 2.64. The van der Waals surface area contributed by atoms with Crippen molar-refractivity contribution in [3.8, 4) is 0 Å². The summed E-state index contributed by atoms with van der Waals surface area (Å²) in [5.41, 5.74) is 0. The minimum absolute atomic E-state index is 0.775. The third kappa shape index (κ3) is 1.85. The van der Waals surface area contributed by atoms with Gasteiger partial charge in [0.05, 0.1) is 4.99 Å². The summed E-state index contributed by atoms with van der Waals surface area (Å²) in [6, 6.07) is 3.84. The molecule has 1 aromatic rings. The molecule has 1 aromatic heterocycles. The lowest BCUT2D eigenvalue weighted by molar-refractivity contribution is 1.40. The minimum Gasteiger partial charge on any atom is -0.348 e. The highest BCUT2D eigenvalue weighted by Crippen LogP contribution is 1.99. The molecular formula is C6H8N2S. The maximum atomic E-state index is 4.81. The fourth-order valence-electron chi connectivity index (χ4n) is 0.598. The summed E-state index contributed by atoms with van der Waals surface area (Å²) in [4.78, 5) is 3.75. The topological polar surface area (TPSA) is 27.8 Å². The average molecular weight is 140 g/mol. The molecule has 0 aliphatic heterocycles. The first-order valence-corrected chi connectivity index (χ1v) is 3.11. The van der Waals surface area contributed by atoms with Crippen molar-refractivity contribution in [1.29, 1.82) is 0 Å². The van der Waals surface area contributed by atoms with Gasteiger partial charge in [0.1, 0.15) is 5.82 Å². The van der Waals surface area contributed by atoms with Gasteiger partial charge in [-0.3, -0.25) is 0 Å². The Hall–Kier alpha value is -0.830. The van der Waals surface area contributed by atoms with E-state index in [0.717, 1.165) is 10.8 Å². The molecule has 0 aliphatic rings. The van der Waals surface area contributed by atoms with Crippen LogP contribution >= 0.6 is 12.2 Å². The Balaban J connectivity index is 2.58. The summed E-state index contributed by atoms with van der Waals surface area (Å²) in [7, 11) is 0. The van der Waals surface area contributed by atoms with E-state index in [1.807, 2.05) is 25.3 Å². The van der Waals surface area contributed by atoms with Gasteiger partial charge in [0.2, 0.25) is 0 Å². The number of aromatic nitrogens is 1. The van der Waals surface area contributed by atoms with Crippen molar-refractivity contribution in [2.24, 2.45) is 0 Å². The lowest BCUT2D eigenvalue weighted by Crippen LogP contribution is -2.02. The Kier molecular flexibility index (Phi) is 1.85. The van der Waals surface area contributed by atoms with Gasteiger partial charge >= 0.3 is 0 Å². The zero-order valence-electron chi connectivity index (χ0n) is 5.14. The van der Waals surface area contributed by atoms with Crippen molar-refractivity contribution < 1.29 is 0 Å². The minimum atomic E-state index is 0.775. The number of aromatic amines is 1. The summed E-state index contributed by atoms with van der Waals surface area (Å²) >= 11 is 4.81. The number of rotatable bonds is 1. The maximum Gasteiger partial charge on any atom is 0.108 e. The van der Waals surface area contributed by atoms with Gasteiger partial charge < -0.3 is 10.3 Å². The van der Waals surface area contributed by atoms with Crippen molar-refractivity contribution in [2.45, 2.75) is 6.92 Å². The van der Waals surface area contributed by atoms with Crippen LogP contribution in [0.3, 0.4) is 0 Å². The monoisotopic (exact) mass is 140 g/mol. The molecule has 3 heteroatoms. The smallest absolute Gasteiger partial charge is 0.108 e. The highest BCUT2D eigenvalue weighted by atomic mass is 32.1. The SMILES string of the molecule is CC(=S)Nc1ccc[nH]1. The summed E-state index contributed by atoms with van der Waals surface area (Å²) in [5.74, 6) is 0.947. The molecule has 0 aliphatic carbocycles. The van der Waals surface area contributed by atoms with Gasteiger partial charge in [0.15, 0.2) is 0 Å². The standard InChI is InChI=1S/C6H8N2S/c1-5(9)8-6-3-2-4-7-6/h2-4,7H,1H3,(H,8,9). The van der Waals surface area contributed by atoms with Gasteiger partial charge in [0.25, 0.3) is 0 Å². The molecule has 0 saturated carbocycles. The van der Waals surface area contributed by atoms with Gasteiger partial charge in [-0.2, -0.15) is 0 Å². The summed E-state index contributed by atoms with van der Waals surface area (Å²) in [6.07, 6.45) is 1.85. The third-order valence-corrected chi connectivity index (χ3v) is 1.01. The fraction of sp³-hybridized carbons (Fsp3) is 0.167. The van der Waals surface area contributed by atoms with E-state index in [2.05, 4.69) is 10.3 Å². The van der Waals surface area contributed by atoms with Gasteiger partial charge in [0, 0.05) is 6.20 Å². The highest BCUT2D eigenvalue weighted by Gasteiger charge is 1.88. The Labute approximate surface area is 59.3 Å². The zero-order valence-corrected chi connectivity index (χ0v) is 5.96. The molecule has 0 spiro atoms. The van der Waals surface area contributed by atoms with Crippen LogP contribution < -0.4 is 5.32 Å². The number of anilines is 1. The Morgan fingerprint density at radius 3 is 3.00 bits per heavy atom. The van der Waals surface area contributed by atoms with Gasteiger partial charge in [-0.1, -0.05) is 12.2 Å². The molecule has 48 valence electrons. The van der Waals surface area contributed by atoms with E-state index in [1.54, 1.807) is 0 Å². The number of hydrogen-bond donors (Lipinski definition) is 2. The molecular weight excluding hydrogens is 132 g/mol. The van der Waals surface area contributed by atoms with E-state index in [0.29, 0.717) is 0 Å². The lowest BCUT2D eigenvalue weighted by Gasteiger charge is -1.96. The maximum absolute atomic E-state index is 4.81. The summed E-state index contributed by atoms with van der Waals surface area (Å²) in [5, 5.41) is 2.96. The van der Waals surface area contributed by atoms with Gasteiger partial charge in [-0.25, -0.2) is 0 Å². The number of hydrogen-bond acceptors (Lipinski definition) is 1. The first-order chi connectivity index (χ1) is 4.29. The Bertz CT molecular complexity index is 191. The van der Waals surface area contributed by atoms with Crippen molar-refractivity contribution in [3.05, 3.63) is 18.3 Å². The van der Waals surface area contributed by atoms with Crippen LogP contribution in [0, 0.1) is 0 Å². The molecule has 1 heterocycles. The molecule has 0 atom stereocenters. The van der Waals surface area contributed by atoms with Gasteiger partial charge in [-0.15, -0.1) is 0 Å². The average Bonchev–Trinajstić information content (AvgIpc) is 2.15. The molecule has 2 N–H and O–H groups in total. The van der Waals surface area contributed by atoms with Crippen LogP contribution in [0.4, 0.5) is 5.82 Å². The largest absolute Gasteiger partial charge is 0.348 e. The molecule has 0 fully saturated rings. The van der Waals surface area contributed by atoms with Crippen LogP contribution in [-0.4, -0.2) is 9.97 Å². The van der Waals surface area contributed by atoms with Crippen LogP contribution in [0.5, 0.6) is 0 Å². The third-order valence-electron chi connectivity index (χ3n) is 0.909. The lowest BCUT2D eigenvalue weighted by atomic mass is 10.6. The van der Waals surface area contributed by atoms with E-state index in [9.17, 15) is 0 Å². The first-order valence-electron chi connectivity index (χ1n) is 2.70. The van der Waals surface area contributed by atoms with E-state index in [-0.39, 0.29) is 0 Å². The molecule has 2 nitrogen and oxygen atoms in total.